The highest BCUT2D eigenvalue weighted by atomic mass is 35.5. The molecule has 1 aliphatic heterocycles. The number of aromatic nitrogens is 3. The molecule has 164 valence electrons. The molecule has 5 rings (SSSR count). The van der Waals surface area contributed by atoms with E-state index in [0.717, 1.165) is 29.4 Å². The second-order valence-corrected chi connectivity index (χ2v) is 8.53. The number of benzene rings is 2. The Kier molecular flexibility index (Phi) is 5.68. The first-order valence-corrected chi connectivity index (χ1v) is 11.2. The Balaban J connectivity index is 1.45. The van der Waals surface area contributed by atoms with Crippen LogP contribution in [0, 0.1) is 0 Å². The number of nitrogens with zero attached hydrogens (tertiary/aromatic N) is 4. The summed E-state index contributed by atoms with van der Waals surface area (Å²) in [5, 5.41) is 0.651. The van der Waals surface area contributed by atoms with Crippen LogP contribution in [-0.2, 0) is 11.2 Å². The van der Waals surface area contributed by atoms with E-state index >= 15 is 0 Å². The maximum Gasteiger partial charge on any atom is 0.308 e. The van der Waals surface area contributed by atoms with Gasteiger partial charge in [-0.1, -0.05) is 35.9 Å². The second kappa shape index (κ2) is 8.76. The lowest BCUT2D eigenvalue weighted by Gasteiger charge is -2.30. The summed E-state index contributed by atoms with van der Waals surface area (Å²) in [6.45, 7) is 1.43. The summed E-state index contributed by atoms with van der Waals surface area (Å²) in [6, 6.07) is 15.9. The van der Waals surface area contributed by atoms with Crippen LogP contribution in [0.15, 0.2) is 59.3 Å². The van der Waals surface area contributed by atoms with Gasteiger partial charge >= 0.3 is 6.01 Å². The van der Waals surface area contributed by atoms with Gasteiger partial charge in [-0.25, -0.2) is 4.98 Å². The molecule has 0 unspecified atom stereocenters. The van der Waals surface area contributed by atoms with E-state index in [1.165, 1.54) is 0 Å². The van der Waals surface area contributed by atoms with Crippen LogP contribution in [0.25, 0.3) is 28.3 Å². The Morgan fingerprint density at radius 2 is 1.88 bits per heavy atom. The third-order valence-electron chi connectivity index (χ3n) is 5.92. The first kappa shape index (κ1) is 20.7. The van der Waals surface area contributed by atoms with Gasteiger partial charge in [0.2, 0.25) is 5.91 Å². The quantitative estimate of drug-likeness (QED) is 0.492. The van der Waals surface area contributed by atoms with Gasteiger partial charge in [0.1, 0.15) is 17.8 Å². The molecule has 0 aliphatic carbocycles. The zero-order valence-electron chi connectivity index (χ0n) is 17.6. The minimum absolute atomic E-state index is 0.116. The van der Waals surface area contributed by atoms with Gasteiger partial charge < -0.3 is 15.1 Å². The zero-order valence-corrected chi connectivity index (χ0v) is 18.3. The Morgan fingerprint density at radius 3 is 2.66 bits per heavy atom. The molecule has 1 fully saturated rings. The highest BCUT2D eigenvalue weighted by Gasteiger charge is 2.23. The number of hydrogen-bond acceptors (Lipinski definition) is 5. The van der Waals surface area contributed by atoms with Crippen LogP contribution in [0.3, 0.4) is 0 Å². The van der Waals surface area contributed by atoms with Crippen LogP contribution in [0.5, 0.6) is 0 Å². The monoisotopic (exact) mass is 449 g/mol. The van der Waals surface area contributed by atoms with Crippen LogP contribution in [0.2, 0.25) is 5.02 Å². The predicted molar refractivity (Wildman–Crippen MR) is 124 cm³/mol. The molecule has 1 aliphatic rings. The van der Waals surface area contributed by atoms with Crippen LogP contribution < -0.4 is 5.73 Å². The summed E-state index contributed by atoms with van der Waals surface area (Å²) in [4.78, 5) is 23.9. The summed E-state index contributed by atoms with van der Waals surface area (Å²) >= 11 is 6.07. The molecule has 2 N–H and O–H groups in total. The van der Waals surface area contributed by atoms with Crippen LogP contribution in [0.4, 0.5) is 0 Å². The van der Waals surface area contributed by atoms with Crippen molar-refractivity contribution in [3.8, 4) is 17.3 Å². The van der Waals surface area contributed by atoms with E-state index in [1.54, 1.807) is 6.33 Å². The van der Waals surface area contributed by atoms with E-state index < -0.39 is 0 Å². The molecule has 7 nitrogen and oxygen atoms in total. The summed E-state index contributed by atoms with van der Waals surface area (Å²) in [5.74, 6) is 0.784. The fourth-order valence-corrected chi connectivity index (χ4v) is 4.21. The number of oxazole rings is 1. The number of rotatable bonds is 5. The SMILES string of the molecule is NC1CCN(C(=O)CCc2oc(-n3cnc4ccccc43)nc2-c2ccc(Cl)cc2)CC1. The van der Waals surface area contributed by atoms with Crippen molar-refractivity contribution in [1.82, 2.24) is 19.4 Å². The molecule has 3 heterocycles. The fraction of sp³-hybridized carbons (Fsp3) is 0.292. The molecule has 1 amide bonds. The lowest BCUT2D eigenvalue weighted by molar-refractivity contribution is -0.132. The Bertz CT molecular complexity index is 1240. The molecule has 32 heavy (non-hydrogen) atoms. The van der Waals surface area contributed by atoms with E-state index in [4.69, 9.17) is 26.7 Å². The van der Waals surface area contributed by atoms with E-state index in [0.29, 0.717) is 48.4 Å². The maximum atomic E-state index is 12.8. The average molecular weight is 450 g/mol. The van der Waals surface area contributed by atoms with Crippen LogP contribution in [-0.4, -0.2) is 44.5 Å². The molecule has 4 aromatic rings. The molecule has 2 aromatic heterocycles. The van der Waals surface area contributed by atoms with Crippen molar-refractivity contribution in [3.63, 3.8) is 0 Å². The van der Waals surface area contributed by atoms with Gasteiger partial charge in [0.15, 0.2) is 0 Å². The van der Waals surface area contributed by atoms with Crippen molar-refractivity contribution in [3.05, 3.63) is 65.6 Å². The van der Waals surface area contributed by atoms with Crippen molar-refractivity contribution in [2.75, 3.05) is 13.1 Å². The fourth-order valence-electron chi connectivity index (χ4n) is 4.08. The van der Waals surface area contributed by atoms with E-state index in [1.807, 2.05) is 58.0 Å². The van der Waals surface area contributed by atoms with Gasteiger partial charge in [-0.2, -0.15) is 4.98 Å². The summed E-state index contributed by atoms with van der Waals surface area (Å²) < 4.78 is 8.02. The number of aryl methyl sites for hydroxylation is 1. The number of nitrogens with two attached hydrogens (primary N) is 1. The summed E-state index contributed by atoms with van der Waals surface area (Å²) in [5.41, 5.74) is 9.33. The smallest absolute Gasteiger partial charge is 0.308 e. The van der Waals surface area contributed by atoms with Crippen LogP contribution >= 0.6 is 11.6 Å². The van der Waals surface area contributed by atoms with Crippen molar-refractivity contribution in [2.45, 2.75) is 31.7 Å². The highest BCUT2D eigenvalue weighted by Crippen LogP contribution is 2.29. The standard InChI is InChI=1S/C24H24ClN5O2/c25-17-7-5-16(6-8-17)23-21(9-10-22(31)29-13-11-18(26)12-14-29)32-24(28-23)30-15-27-19-3-1-2-4-20(19)30/h1-8,15,18H,9-14,26H2. The summed E-state index contributed by atoms with van der Waals surface area (Å²) in [7, 11) is 0. The molecule has 1 saturated heterocycles. The lowest BCUT2D eigenvalue weighted by Crippen LogP contribution is -2.42. The number of carbonyl (C=O) groups is 1. The van der Waals surface area contributed by atoms with Crippen molar-refractivity contribution in [2.24, 2.45) is 5.73 Å². The first-order chi connectivity index (χ1) is 15.6. The van der Waals surface area contributed by atoms with Gasteiger partial charge in [-0.05, 0) is 37.1 Å². The molecular weight excluding hydrogens is 426 g/mol. The number of amides is 1. The Labute approximate surface area is 190 Å². The highest BCUT2D eigenvalue weighted by molar-refractivity contribution is 6.30. The molecule has 0 atom stereocenters. The third-order valence-corrected chi connectivity index (χ3v) is 6.17. The van der Waals surface area contributed by atoms with Gasteiger partial charge in [-0.3, -0.25) is 9.36 Å². The molecular formula is C24H24ClN5O2. The number of carbonyl (C=O) groups excluding carboxylic acids is 1. The third kappa shape index (κ3) is 4.13. The molecule has 0 radical (unpaired) electrons. The number of para-hydroxylation sites is 2. The Hall–Kier alpha value is -3.16. The number of halogens is 1. The molecule has 0 spiro atoms. The number of piperidine rings is 1. The van der Waals surface area contributed by atoms with Crippen molar-refractivity contribution < 1.29 is 9.21 Å². The van der Waals surface area contributed by atoms with E-state index in [9.17, 15) is 4.79 Å². The van der Waals surface area contributed by atoms with Crippen molar-refractivity contribution in [1.29, 1.82) is 0 Å². The first-order valence-electron chi connectivity index (χ1n) is 10.8. The minimum atomic E-state index is 0.116. The molecule has 2 aromatic carbocycles. The molecule has 0 saturated carbocycles. The number of imidazole rings is 1. The van der Waals surface area contributed by atoms with Gasteiger partial charge in [-0.15, -0.1) is 0 Å². The van der Waals surface area contributed by atoms with E-state index in [2.05, 4.69) is 4.98 Å². The number of likely N-dealkylation sites (tertiary alicyclic amines) is 1. The van der Waals surface area contributed by atoms with Gasteiger partial charge in [0.05, 0.1) is 11.0 Å². The lowest BCUT2D eigenvalue weighted by atomic mass is 10.0. The number of fused-ring (bicyclic) bond motifs is 1. The molecule has 8 heteroatoms. The summed E-state index contributed by atoms with van der Waals surface area (Å²) in [6.07, 6.45) is 4.21. The maximum absolute atomic E-state index is 12.8. The van der Waals surface area contributed by atoms with E-state index in [-0.39, 0.29) is 11.9 Å². The second-order valence-electron chi connectivity index (χ2n) is 8.10. The molecule has 0 bridgehead atoms. The normalized spacial score (nSPS) is 14.9. The van der Waals surface area contributed by atoms with Gasteiger partial charge in [0, 0.05) is 42.6 Å². The minimum Gasteiger partial charge on any atom is -0.427 e. The topological polar surface area (TPSA) is 90.2 Å². The van der Waals surface area contributed by atoms with Gasteiger partial charge in [0.25, 0.3) is 0 Å². The zero-order chi connectivity index (χ0) is 22.1. The van der Waals surface area contributed by atoms with Crippen molar-refractivity contribution >= 4 is 28.5 Å². The average Bonchev–Trinajstić information content (AvgIpc) is 3.43. The van der Waals surface area contributed by atoms with Crippen LogP contribution in [0.1, 0.15) is 25.0 Å². The Morgan fingerprint density at radius 1 is 1.12 bits per heavy atom. The predicted octanol–water partition coefficient (Wildman–Crippen LogP) is 4.22. The number of hydrogen-bond donors (Lipinski definition) is 1. The largest absolute Gasteiger partial charge is 0.427 e.